The van der Waals surface area contributed by atoms with Crippen LogP contribution in [-0.4, -0.2) is 10.5 Å². The first-order chi connectivity index (χ1) is 7.02. The highest BCUT2D eigenvalue weighted by molar-refractivity contribution is 5.71. The van der Waals surface area contributed by atoms with E-state index in [0.29, 0.717) is 12.6 Å². The van der Waals surface area contributed by atoms with Crippen molar-refractivity contribution < 1.29 is 9.53 Å². The highest BCUT2D eigenvalue weighted by atomic mass is 16.5. The molecular formula is C12H19NO2. The Balaban J connectivity index is 2.58. The van der Waals surface area contributed by atoms with Crippen LogP contribution in [0.25, 0.3) is 0 Å². The fraction of sp³-hybridized carbons (Fsp3) is 0.583. The maximum Gasteiger partial charge on any atom is 0.308 e. The number of nitrogens with zero attached hydrogens (tertiary/aromatic N) is 1. The first-order valence-electron chi connectivity index (χ1n) is 5.34. The molecule has 0 N–H and O–H groups in total. The van der Waals surface area contributed by atoms with Gasteiger partial charge in [0.2, 0.25) is 0 Å². The van der Waals surface area contributed by atoms with Gasteiger partial charge in [-0.3, -0.25) is 4.79 Å². The van der Waals surface area contributed by atoms with E-state index in [4.69, 9.17) is 4.74 Å². The number of esters is 1. The van der Waals surface area contributed by atoms with E-state index in [1.54, 1.807) is 0 Å². The van der Waals surface area contributed by atoms with Crippen molar-refractivity contribution >= 4 is 5.97 Å². The van der Waals surface area contributed by atoms with Crippen molar-refractivity contribution in [1.82, 2.24) is 4.57 Å². The molecule has 1 aromatic rings. The molecule has 15 heavy (non-hydrogen) atoms. The summed E-state index contributed by atoms with van der Waals surface area (Å²) in [4.78, 5) is 11.3. The molecule has 0 aliphatic carbocycles. The van der Waals surface area contributed by atoms with E-state index >= 15 is 0 Å². The summed E-state index contributed by atoms with van der Waals surface area (Å²) in [7, 11) is 0. The molecule has 0 aliphatic heterocycles. The molecule has 0 radical (unpaired) electrons. The van der Waals surface area contributed by atoms with Crippen LogP contribution in [0, 0.1) is 5.92 Å². The maximum absolute atomic E-state index is 11.3. The first-order valence-corrected chi connectivity index (χ1v) is 5.34. The highest BCUT2D eigenvalue weighted by Gasteiger charge is 2.10. The molecule has 0 unspecified atom stereocenters. The van der Waals surface area contributed by atoms with Crippen LogP contribution in [0.3, 0.4) is 0 Å². The van der Waals surface area contributed by atoms with Crippen molar-refractivity contribution in [2.45, 2.75) is 40.3 Å². The second-order valence-corrected chi connectivity index (χ2v) is 4.26. The largest absolute Gasteiger partial charge is 0.459 e. The minimum absolute atomic E-state index is 0.0625. The topological polar surface area (TPSA) is 31.2 Å². The lowest BCUT2D eigenvalue weighted by atomic mass is 10.2. The van der Waals surface area contributed by atoms with Crippen LogP contribution in [0.15, 0.2) is 18.3 Å². The van der Waals surface area contributed by atoms with Crippen LogP contribution in [-0.2, 0) is 16.1 Å². The number of hydrogen-bond donors (Lipinski definition) is 0. The minimum atomic E-state index is -0.147. The molecule has 0 atom stereocenters. The normalized spacial score (nSPS) is 11.1. The molecule has 0 aromatic carbocycles. The van der Waals surface area contributed by atoms with Crippen LogP contribution in [0.4, 0.5) is 0 Å². The summed E-state index contributed by atoms with van der Waals surface area (Å²) in [5.74, 6) is -0.209. The predicted octanol–water partition coefficient (Wildman–Crippen LogP) is 2.77. The molecule has 0 fully saturated rings. The van der Waals surface area contributed by atoms with Gasteiger partial charge in [0.05, 0.1) is 11.6 Å². The van der Waals surface area contributed by atoms with Crippen LogP contribution < -0.4 is 0 Å². The quantitative estimate of drug-likeness (QED) is 0.714. The summed E-state index contributed by atoms with van der Waals surface area (Å²) < 4.78 is 7.28. The minimum Gasteiger partial charge on any atom is -0.459 e. The molecule has 0 bridgehead atoms. The Morgan fingerprint density at radius 2 is 2.07 bits per heavy atom. The number of carbonyl (C=O) groups is 1. The lowest BCUT2D eigenvalue weighted by Crippen LogP contribution is -2.13. The molecule has 3 heteroatoms. The van der Waals surface area contributed by atoms with E-state index in [2.05, 4.69) is 18.4 Å². The zero-order valence-corrected chi connectivity index (χ0v) is 9.86. The standard InChI is InChI=1S/C12H19NO2/c1-9(2)12(14)15-8-11-6-5-7-13(11)10(3)4/h5-7,9-10H,8H2,1-4H3. The smallest absolute Gasteiger partial charge is 0.308 e. The van der Waals surface area contributed by atoms with E-state index in [0.717, 1.165) is 5.69 Å². The molecule has 1 rings (SSSR count). The number of hydrogen-bond acceptors (Lipinski definition) is 2. The van der Waals surface area contributed by atoms with Crippen molar-refractivity contribution in [3.63, 3.8) is 0 Å². The monoisotopic (exact) mass is 209 g/mol. The maximum atomic E-state index is 11.3. The highest BCUT2D eigenvalue weighted by Crippen LogP contribution is 2.12. The molecule has 0 amide bonds. The fourth-order valence-corrected chi connectivity index (χ4v) is 1.37. The summed E-state index contributed by atoms with van der Waals surface area (Å²) in [5, 5.41) is 0. The second-order valence-electron chi connectivity index (χ2n) is 4.26. The Morgan fingerprint density at radius 1 is 1.40 bits per heavy atom. The summed E-state index contributed by atoms with van der Waals surface area (Å²) in [6.07, 6.45) is 2.00. The molecule has 3 nitrogen and oxygen atoms in total. The van der Waals surface area contributed by atoms with Gasteiger partial charge >= 0.3 is 5.97 Å². The zero-order chi connectivity index (χ0) is 11.4. The van der Waals surface area contributed by atoms with E-state index in [1.165, 1.54) is 0 Å². The zero-order valence-electron chi connectivity index (χ0n) is 9.86. The van der Waals surface area contributed by atoms with Gasteiger partial charge in [0.25, 0.3) is 0 Å². The van der Waals surface area contributed by atoms with Gasteiger partial charge in [-0.25, -0.2) is 0 Å². The van der Waals surface area contributed by atoms with E-state index < -0.39 is 0 Å². The van der Waals surface area contributed by atoms with Crippen LogP contribution >= 0.6 is 0 Å². The third-order valence-electron chi connectivity index (χ3n) is 2.26. The van der Waals surface area contributed by atoms with Gasteiger partial charge in [0.15, 0.2) is 0 Å². The van der Waals surface area contributed by atoms with Gasteiger partial charge in [0.1, 0.15) is 6.61 Å². The fourth-order valence-electron chi connectivity index (χ4n) is 1.37. The Bertz CT molecular complexity index is 326. The van der Waals surface area contributed by atoms with Crippen molar-refractivity contribution in [2.24, 2.45) is 5.92 Å². The lowest BCUT2D eigenvalue weighted by molar-refractivity contribution is -0.148. The van der Waals surface area contributed by atoms with Crippen molar-refractivity contribution in [2.75, 3.05) is 0 Å². The first kappa shape index (κ1) is 11.8. The van der Waals surface area contributed by atoms with Crippen LogP contribution in [0.2, 0.25) is 0 Å². The predicted molar refractivity (Wildman–Crippen MR) is 59.5 cm³/mol. The summed E-state index contributed by atoms with van der Waals surface area (Å²) in [6.45, 7) is 8.25. The molecule has 84 valence electrons. The van der Waals surface area contributed by atoms with Gasteiger partial charge in [-0.1, -0.05) is 13.8 Å². The van der Waals surface area contributed by atoms with Gasteiger partial charge in [-0.2, -0.15) is 0 Å². The molecule has 1 aromatic heterocycles. The Kier molecular flexibility index (Phi) is 3.95. The van der Waals surface area contributed by atoms with E-state index in [1.807, 2.05) is 32.2 Å². The summed E-state index contributed by atoms with van der Waals surface area (Å²) >= 11 is 0. The van der Waals surface area contributed by atoms with Crippen molar-refractivity contribution in [3.8, 4) is 0 Å². The van der Waals surface area contributed by atoms with Gasteiger partial charge < -0.3 is 9.30 Å². The van der Waals surface area contributed by atoms with E-state index in [-0.39, 0.29) is 11.9 Å². The van der Waals surface area contributed by atoms with E-state index in [9.17, 15) is 4.79 Å². The molecular weight excluding hydrogens is 190 g/mol. The molecule has 1 heterocycles. The third-order valence-corrected chi connectivity index (χ3v) is 2.26. The number of ether oxygens (including phenoxy) is 1. The molecule has 0 aliphatic rings. The number of aromatic nitrogens is 1. The molecule has 0 spiro atoms. The Hall–Kier alpha value is -1.25. The number of carbonyl (C=O) groups excluding carboxylic acids is 1. The number of rotatable bonds is 4. The molecule has 0 saturated carbocycles. The molecule has 0 saturated heterocycles. The van der Waals surface area contributed by atoms with Crippen LogP contribution in [0.5, 0.6) is 0 Å². The SMILES string of the molecule is CC(C)C(=O)OCc1cccn1C(C)C. The van der Waals surface area contributed by atoms with Gasteiger partial charge in [-0.05, 0) is 26.0 Å². The Morgan fingerprint density at radius 3 is 2.60 bits per heavy atom. The van der Waals surface area contributed by atoms with Gasteiger partial charge in [0, 0.05) is 12.2 Å². The summed E-state index contributed by atoms with van der Waals surface area (Å²) in [6, 6.07) is 4.35. The lowest BCUT2D eigenvalue weighted by Gasteiger charge is -2.13. The summed E-state index contributed by atoms with van der Waals surface area (Å²) in [5.41, 5.74) is 1.04. The van der Waals surface area contributed by atoms with Crippen LogP contribution in [0.1, 0.15) is 39.4 Å². The van der Waals surface area contributed by atoms with Gasteiger partial charge in [-0.15, -0.1) is 0 Å². The average molecular weight is 209 g/mol. The Labute approximate surface area is 91.0 Å². The van der Waals surface area contributed by atoms with Crippen molar-refractivity contribution in [3.05, 3.63) is 24.0 Å². The van der Waals surface area contributed by atoms with Crippen molar-refractivity contribution in [1.29, 1.82) is 0 Å². The average Bonchev–Trinajstić information content (AvgIpc) is 2.61. The third kappa shape index (κ3) is 3.11. The second kappa shape index (κ2) is 5.01.